The molecule has 2 rings (SSSR count). The highest BCUT2D eigenvalue weighted by Crippen LogP contribution is 2.26. The molecule has 0 radical (unpaired) electrons. The van der Waals surface area contributed by atoms with Crippen LogP contribution in [0.25, 0.3) is 0 Å². The molecule has 1 aromatic carbocycles. The van der Waals surface area contributed by atoms with E-state index in [1.807, 2.05) is 0 Å². The molecule has 1 heterocycles. The van der Waals surface area contributed by atoms with Gasteiger partial charge in [-0.1, -0.05) is 0 Å². The van der Waals surface area contributed by atoms with E-state index in [2.05, 4.69) is 0 Å². The van der Waals surface area contributed by atoms with Crippen molar-refractivity contribution in [2.75, 3.05) is 25.6 Å². The zero-order chi connectivity index (χ0) is 16.7. The highest BCUT2D eigenvalue weighted by Gasteiger charge is 2.46. The minimum atomic E-state index is -4.12. The summed E-state index contributed by atoms with van der Waals surface area (Å²) in [6.45, 7) is 0. The second-order valence-corrected chi connectivity index (χ2v) is 9.24. The van der Waals surface area contributed by atoms with Crippen LogP contribution in [0.5, 0.6) is 0 Å². The number of benzene rings is 1. The zero-order valence-electron chi connectivity index (χ0n) is 12.0. The van der Waals surface area contributed by atoms with Crippen molar-refractivity contribution in [3.8, 4) is 0 Å². The molecule has 1 aliphatic rings. The summed E-state index contributed by atoms with van der Waals surface area (Å²) in [5.41, 5.74) is 0. The number of sulfonamides is 1. The van der Waals surface area contributed by atoms with Crippen LogP contribution in [-0.4, -0.2) is 69.1 Å². The van der Waals surface area contributed by atoms with Crippen molar-refractivity contribution >= 4 is 19.9 Å². The summed E-state index contributed by atoms with van der Waals surface area (Å²) >= 11 is 0. The number of hydrogen-bond acceptors (Lipinski definition) is 6. The van der Waals surface area contributed by atoms with Crippen LogP contribution in [0.15, 0.2) is 29.2 Å². The molecule has 0 unspecified atom stereocenters. The average Bonchev–Trinajstić information content (AvgIpc) is 2.62. The third kappa shape index (κ3) is 3.30. The third-order valence-electron chi connectivity index (χ3n) is 3.33. The monoisotopic (exact) mass is 352 g/mol. The second-order valence-electron chi connectivity index (χ2n) is 5.29. The lowest BCUT2D eigenvalue weighted by molar-refractivity contribution is 0.0272. The molecule has 0 spiro atoms. The molecule has 7 nitrogen and oxygen atoms in total. The van der Waals surface area contributed by atoms with Gasteiger partial charge in [0.2, 0.25) is 0 Å². The van der Waals surface area contributed by atoms with E-state index in [-0.39, 0.29) is 4.90 Å². The summed E-state index contributed by atoms with van der Waals surface area (Å²) in [6.07, 6.45) is -1.32. The van der Waals surface area contributed by atoms with Crippen molar-refractivity contribution in [3.05, 3.63) is 30.1 Å². The van der Waals surface area contributed by atoms with Crippen molar-refractivity contribution in [3.63, 3.8) is 0 Å². The van der Waals surface area contributed by atoms with Gasteiger partial charge in [-0.15, -0.1) is 4.41 Å². The molecule has 1 aliphatic heterocycles. The van der Waals surface area contributed by atoms with Crippen molar-refractivity contribution in [2.45, 2.75) is 17.0 Å². The maximum atomic E-state index is 13.0. The van der Waals surface area contributed by atoms with Gasteiger partial charge in [0, 0.05) is 14.1 Å². The van der Waals surface area contributed by atoms with E-state index in [1.165, 1.54) is 19.1 Å². The highest BCUT2D eigenvalue weighted by atomic mass is 32.2. The molecule has 0 aromatic heterocycles. The number of hydrogen-bond donors (Lipinski definition) is 1. The largest absolute Gasteiger partial charge is 0.390 e. The van der Waals surface area contributed by atoms with Crippen LogP contribution in [0.3, 0.4) is 0 Å². The summed E-state index contributed by atoms with van der Waals surface area (Å²) in [7, 11) is -4.77. The Bertz CT molecular complexity index is 746. The summed E-state index contributed by atoms with van der Waals surface area (Å²) in [5.74, 6) is -1.54. The van der Waals surface area contributed by atoms with Gasteiger partial charge in [-0.05, 0) is 24.3 Å². The van der Waals surface area contributed by atoms with E-state index in [4.69, 9.17) is 0 Å². The van der Waals surface area contributed by atoms with Gasteiger partial charge in [0.05, 0.1) is 28.5 Å². The Morgan fingerprint density at radius 1 is 1.18 bits per heavy atom. The van der Waals surface area contributed by atoms with Gasteiger partial charge < -0.3 is 5.11 Å². The Morgan fingerprint density at radius 2 is 1.73 bits per heavy atom. The van der Waals surface area contributed by atoms with Gasteiger partial charge in [0.15, 0.2) is 9.84 Å². The Hall–Kier alpha value is -1.07. The second kappa shape index (κ2) is 5.85. The number of aliphatic hydroxyl groups excluding tert-OH is 1. The summed E-state index contributed by atoms with van der Waals surface area (Å²) in [4.78, 5) is -0.181. The minimum Gasteiger partial charge on any atom is -0.390 e. The average molecular weight is 352 g/mol. The predicted octanol–water partition coefficient (Wildman–Crippen LogP) is -0.549. The first-order chi connectivity index (χ1) is 10.0. The van der Waals surface area contributed by atoms with Gasteiger partial charge in [-0.25, -0.2) is 26.2 Å². The molecule has 1 aromatic rings. The van der Waals surface area contributed by atoms with Gasteiger partial charge in [-0.3, -0.25) is 0 Å². The fourth-order valence-electron chi connectivity index (χ4n) is 2.43. The number of rotatable bonds is 4. The highest BCUT2D eigenvalue weighted by molar-refractivity contribution is 7.92. The molecule has 0 aliphatic carbocycles. The standard InChI is InChI=1S/C12H17FN2O5S2/c1-14(2)15(11-7-21(17,18)8-12(11)16)22(19,20)10-5-3-9(13)4-6-10/h3-6,11-12,16H,7-8H2,1-2H3/t11-,12+/m0/s1. The van der Waals surface area contributed by atoms with Crippen LogP contribution in [-0.2, 0) is 19.9 Å². The Kier molecular flexibility index (Phi) is 4.60. The first-order valence-corrected chi connectivity index (χ1v) is 9.66. The number of aliphatic hydroxyl groups is 1. The van der Waals surface area contributed by atoms with Crippen LogP contribution >= 0.6 is 0 Å². The molecular weight excluding hydrogens is 335 g/mol. The van der Waals surface area contributed by atoms with E-state index in [0.29, 0.717) is 0 Å². The van der Waals surface area contributed by atoms with E-state index in [0.717, 1.165) is 28.7 Å². The van der Waals surface area contributed by atoms with Crippen LogP contribution in [0.2, 0.25) is 0 Å². The molecule has 2 atom stereocenters. The van der Waals surface area contributed by atoms with E-state index >= 15 is 0 Å². The first-order valence-electron chi connectivity index (χ1n) is 6.40. The number of nitrogens with zero attached hydrogens (tertiary/aromatic N) is 2. The van der Waals surface area contributed by atoms with Gasteiger partial charge in [0.1, 0.15) is 5.82 Å². The first kappa shape index (κ1) is 17.3. The summed E-state index contributed by atoms with van der Waals surface area (Å²) in [6, 6.07) is 3.08. The topological polar surface area (TPSA) is 95.0 Å². The number of sulfone groups is 1. The van der Waals surface area contributed by atoms with Crippen molar-refractivity contribution < 1.29 is 26.3 Å². The predicted molar refractivity (Wildman–Crippen MR) is 77.6 cm³/mol. The smallest absolute Gasteiger partial charge is 0.256 e. The van der Waals surface area contributed by atoms with Crippen molar-refractivity contribution in [1.29, 1.82) is 0 Å². The zero-order valence-corrected chi connectivity index (χ0v) is 13.7. The molecule has 1 fully saturated rings. The normalized spacial score (nSPS) is 25.0. The molecular formula is C12H17FN2O5S2. The molecule has 1 saturated heterocycles. The maximum Gasteiger partial charge on any atom is 0.256 e. The summed E-state index contributed by atoms with van der Waals surface area (Å²) < 4.78 is 62.4. The van der Waals surface area contributed by atoms with Crippen molar-refractivity contribution in [1.82, 2.24) is 9.42 Å². The van der Waals surface area contributed by atoms with Crippen molar-refractivity contribution in [2.24, 2.45) is 0 Å². The van der Waals surface area contributed by atoms with E-state index < -0.39 is 49.3 Å². The van der Waals surface area contributed by atoms with Crippen LogP contribution in [0.1, 0.15) is 0 Å². The lowest BCUT2D eigenvalue weighted by Crippen LogP contribution is -2.53. The number of hydrazine groups is 1. The Balaban J connectivity index is 2.46. The third-order valence-corrected chi connectivity index (χ3v) is 6.99. The van der Waals surface area contributed by atoms with E-state index in [9.17, 15) is 26.3 Å². The SMILES string of the molecule is CN(C)N([C@H]1CS(=O)(=O)C[C@H]1O)S(=O)(=O)c1ccc(F)cc1. The molecule has 1 N–H and O–H groups in total. The molecule has 0 bridgehead atoms. The lowest BCUT2D eigenvalue weighted by Gasteiger charge is -2.33. The van der Waals surface area contributed by atoms with Crippen LogP contribution in [0, 0.1) is 5.82 Å². The van der Waals surface area contributed by atoms with Gasteiger partial charge >= 0.3 is 0 Å². The van der Waals surface area contributed by atoms with Crippen LogP contribution in [0.4, 0.5) is 4.39 Å². The Labute approximate surface area is 128 Å². The van der Waals surface area contributed by atoms with Gasteiger partial charge in [-0.2, -0.15) is 0 Å². The number of halogens is 1. The van der Waals surface area contributed by atoms with Crippen LogP contribution < -0.4 is 0 Å². The Morgan fingerprint density at radius 3 is 2.14 bits per heavy atom. The van der Waals surface area contributed by atoms with Gasteiger partial charge in [0.25, 0.3) is 10.0 Å². The van der Waals surface area contributed by atoms with E-state index in [1.54, 1.807) is 0 Å². The molecule has 124 valence electrons. The lowest BCUT2D eigenvalue weighted by atomic mass is 10.2. The molecule has 22 heavy (non-hydrogen) atoms. The molecule has 10 heteroatoms. The molecule has 0 amide bonds. The fourth-order valence-corrected chi connectivity index (χ4v) is 5.98. The molecule has 0 saturated carbocycles. The fraction of sp³-hybridized carbons (Fsp3) is 0.500. The summed E-state index contributed by atoms with van der Waals surface area (Å²) in [5, 5.41) is 11.1. The minimum absolute atomic E-state index is 0.181. The maximum absolute atomic E-state index is 13.0. The quantitative estimate of drug-likeness (QED) is 0.731.